The van der Waals surface area contributed by atoms with Crippen molar-refractivity contribution in [3.63, 3.8) is 0 Å². The molecule has 84 valence electrons. The van der Waals surface area contributed by atoms with Gasteiger partial charge in [-0.15, -0.1) is 0 Å². The molecular weight excluding hydrogens is 196 g/mol. The Hall–Kier alpha value is -1.26. The third kappa shape index (κ3) is 2.61. The summed E-state index contributed by atoms with van der Waals surface area (Å²) in [5.74, 6) is 1.15. The number of aliphatic hydroxyl groups excluding tert-OH is 2. The molecular formula is C11H16O4. The highest BCUT2D eigenvalue weighted by atomic mass is 16.5. The second-order valence-corrected chi connectivity index (χ2v) is 3.29. The van der Waals surface area contributed by atoms with Gasteiger partial charge in [0.2, 0.25) is 0 Å². The van der Waals surface area contributed by atoms with Crippen LogP contribution in [0, 0.1) is 0 Å². The Morgan fingerprint density at radius 2 is 1.80 bits per heavy atom. The lowest BCUT2D eigenvalue weighted by molar-refractivity contribution is 0.0289. The predicted molar refractivity (Wildman–Crippen MR) is 56.2 cm³/mol. The zero-order valence-electron chi connectivity index (χ0n) is 9.10. The average molecular weight is 212 g/mol. The van der Waals surface area contributed by atoms with E-state index in [1.807, 2.05) is 0 Å². The molecule has 1 aromatic carbocycles. The molecule has 0 bridgehead atoms. The number of rotatable bonds is 4. The summed E-state index contributed by atoms with van der Waals surface area (Å²) in [5.41, 5.74) is 0.520. The van der Waals surface area contributed by atoms with Crippen LogP contribution in [0.4, 0.5) is 0 Å². The van der Waals surface area contributed by atoms with Crippen molar-refractivity contribution in [2.24, 2.45) is 0 Å². The topological polar surface area (TPSA) is 58.9 Å². The van der Waals surface area contributed by atoms with E-state index >= 15 is 0 Å². The van der Waals surface area contributed by atoms with Crippen LogP contribution in [0.2, 0.25) is 0 Å². The van der Waals surface area contributed by atoms with Crippen LogP contribution in [0.25, 0.3) is 0 Å². The Morgan fingerprint density at radius 3 is 2.27 bits per heavy atom. The Balaban J connectivity index is 3.11. The smallest absolute Gasteiger partial charge is 0.125 e. The van der Waals surface area contributed by atoms with Crippen molar-refractivity contribution in [3.05, 3.63) is 23.8 Å². The molecule has 0 aliphatic heterocycles. The van der Waals surface area contributed by atoms with E-state index in [0.29, 0.717) is 17.1 Å². The first-order valence-electron chi connectivity index (χ1n) is 4.68. The normalized spacial score (nSPS) is 14.5. The van der Waals surface area contributed by atoms with Gasteiger partial charge in [-0.2, -0.15) is 0 Å². The molecule has 0 aliphatic carbocycles. The van der Waals surface area contributed by atoms with Gasteiger partial charge in [0.1, 0.15) is 17.6 Å². The highest BCUT2D eigenvalue weighted by Crippen LogP contribution is 2.30. The van der Waals surface area contributed by atoms with E-state index in [1.165, 1.54) is 14.0 Å². The van der Waals surface area contributed by atoms with Gasteiger partial charge in [0.15, 0.2) is 0 Å². The van der Waals surface area contributed by atoms with Crippen LogP contribution in [0.1, 0.15) is 18.6 Å². The van der Waals surface area contributed by atoms with E-state index in [-0.39, 0.29) is 0 Å². The van der Waals surface area contributed by atoms with E-state index < -0.39 is 12.2 Å². The number of aliphatic hydroxyl groups is 2. The summed E-state index contributed by atoms with van der Waals surface area (Å²) >= 11 is 0. The third-order valence-corrected chi connectivity index (χ3v) is 2.21. The summed E-state index contributed by atoms with van der Waals surface area (Å²) in [7, 11) is 3.06. The van der Waals surface area contributed by atoms with Gasteiger partial charge < -0.3 is 19.7 Å². The molecule has 0 unspecified atom stereocenters. The SMILES string of the molecule is COc1ccc(OC)c([C@H](O)[C@@H](C)O)c1. The molecule has 0 spiro atoms. The number of methoxy groups -OCH3 is 2. The van der Waals surface area contributed by atoms with Gasteiger partial charge in [0.05, 0.1) is 20.3 Å². The van der Waals surface area contributed by atoms with Crippen molar-refractivity contribution in [1.29, 1.82) is 0 Å². The summed E-state index contributed by atoms with van der Waals surface area (Å²) in [6.07, 6.45) is -1.83. The van der Waals surface area contributed by atoms with Gasteiger partial charge in [-0.3, -0.25) is 0 Å². The summed E-state index contributed by atoms with van der Waals surface area (Å²) in [6.45, 7) is 1.52. The number of hydrogen-bond acceptors (Lipinski definition) is 4. The van der Waals surface area contributed by atoms with Gasteiger partial charge in [0, 0.05) is 5.56 Å². The molecule has 4 nitrogen and oxygen atoms in total. The van der Waals surface area contributed by atoms with Crippen molar-refractivity contribution in [2.75, 3.05) is 14.2 Å². The molecule has 0 aromatic heterocycles. The Morgan fingerprint density at radius 1 is 1.13 bits per heavy atom. The Kier molecular flexibility index (Phi) is 3.94. The minimum absolute atomic E-state index is 0.520. The highest BCUT2D eigenvalue weighted by molar-refractivity contribution is 5.41. The first kappa shape index (κ1) is 11.8. The molecule has 0 radical (unpaired) electrons. The van der Waals surface area contributed by atoms with Gasteiger partial charge >= 0.3 is 0 Å². The van der Waals surface area contributed by atoms with Crippen molar-refractivity contribution in [2.45, 2.75) is 19.1 Å². The van der Waals surface area contributed by atoms with Crippen LogP contribution >= 0.6 is 0 Å². The number of benzene rings is 1. The molecule has 0 heterocycles. The standard InChI is InChI=1S/C11H16O4/c1-7(12)11(13)9-6-8(14-2)4-5-10(9)15-3/h4-7,11-13H,1-3H3/t7-,11-/m1/s1. The maximum Gasteiger partial charge on any atom is 0.125 e. The summed E-state index contributed by atoms with van der Waals surface area (Å²) < 4.78 is 10.1. The van der Waals surface area contributed by atoms with Gasteiger partial charge in [-0.25, -0.2) is 0 Å². The van der Waals surface area contributed by atoms with E-state index in [1.54, 1.807) is 25.3 Å². The summed E-state index contributed by atoms with van der Waals surface area (Å²) in [4.78, 5) is 0. The molecule has 0 amide bonds. The van der Waals surface area contributed by atoms with Crippen LogP contribution in [-0.4, -0.2) is 30.5 Å². The zero-order chi connectivity index (χ0) is 11.4. The molecule has 0 saturated heterocycles. The van der Waals surface area contributed by atoms with Crippen molar-refractivity contribution in [1.82, 2.24) is 0 Å². The molecule has 4 heteroatoms. The Labute approximate surface area is 89.1 Å². The zero-order valence-corrected chi connectivity index (χ0v) is 9.10. The minimum atomic E-state index is -0.977. The monoisotopic (exact) mass is 212 g/mol. The molecule has 15 heavy (non-hydrogen) atoms. The number of hydrogen-bond donors (Lipinski definition) is 2. The van der Waals surface area contributed by atoms with E-state index in [4.69, 9.17) is 9.47 Å². The fraction of sp³-hybridized carbons (Fsp3) is 0.455. The van der Waals surface area contributed by atoms with E-state index in [2.05, 4.69) is 0 Å². The largest absolute Gasteiger partial charge is 0.497 e. The summed E-state index contributed by atoms with van der Waals surface area (Å²) in [5, 5.41) is 19.1. The lowest BCUT2D eigenvalue weighted by atomic mass is 10.0. The first-order valence-corrected chi connectivity index (χ1v) is 4.68. The van der Waals surface area contributed by atoms with E-state index in [9.17, 15) is 10.2 Å². The summed E-state index contributed by atoms with van der Waals surface area (Å²) in [6, 6.07) is 5.08. The second-order valence-electron chi connectivity index (χ2n) is 3.29. The third-order valence-electron chi connectivity index (χ3n) is 2.21. The molecule has 1 aromatic rings. The van der Waals surface area contributed by atoms with Crippen molar-refractivity contribution < 1.29 is 19.7 Å². The van der Waals surface area contributed by atoms with Crippen LogP contribution < -0.4 is 9.47 Å². The van der Waals surface area contributed by atoms with Crippen molar-refractivity contribution in [3.8, 4) is 11.5 Å². The van der Waals surface area contributed by atoms with Crippen LogP contribution in [-0.2, 0) is 0 Å². The molecule has 0 fully saturated rings. The molecule has 0 saturated carbocycles. The maximum absolute atomic E-state index is 9.74. The van der Waals surface area contributed by atoms with Crippen LogP contribution in [0.15, 0.2) is 18.2 Å². The van der Waals surface area contributed by atoms with Gasteiger partial charge in [0.25, 0.3) is 0 Å². The predicted octanol–water partition coefficient (Wildman–Crippen LogP) is 1.12. The van der Waals surface area contributed by atoms with Crippen LogP contribution in [0.5, 0.6) is 11.5 Å². The first-order chi connectivity index (χ1) is 7.10. The molecule has 2 N–H and O–H groups in total. The van der Waals surface area contributed by atoms with Gasteiger partial charge in [-0.1, -0.05) is 0 Å². The van der Waals surface area contributed by atoms with Gasteiger partial charge in [-0.05, 0) is 25.1 Å². The second kappa shape index (κ2) is 5.00. The Bertz CT molecular complexity index is 322. The lowest BCUT2D eigenvalue weighted by Crippen LogP contribution is -2.14. The molecule has 2 atom stereocenters. The minimum Gasteiger partial charge on any atom is -0.497 e. The number of ether oxygens (including phenoxy) is 2. The van der Waals surface area contributed by atoms with Crippen LogP contribution in [0.3, 0.4) is 0 Å². The van der Waals surface area contributed by atoms with Crippen molar-refractivity contribution >= 4 is 0 Å². The molecule has 1 rings (SSSR count). The maximum atomic E-state index is 9.74. The fourth-order valence-electron chi connectivity index (χ4n) is 1.33. The average Bonchev–Trinajstić information content (AvgIpc) is 2.27. The highest BCUT2D eigenvalue weighted by Gasteiger charge is 2.18. The van der Waals surface area contributed by atoms with E-state index in [0.717, 1.165) is 0 Å². The lowest BCUT2D eigenvalue weighted by Gasteiger charge is -2.17. The quantitative estimate of drug-likeness (QED) is 0.785. The molecule has 0 aliphatic rings. The fourth-order valence-corrected chi connectivity index (χ4v) is 1.33.